The molecule has 0 amide bonds. The molecule has 0 N–H and O–H groups in total. The Morgan fingerprint density at radius 3 is 2.83 bits per heavy atom. The maximum Gasteiger partial charge on any atom is 0.316 e. The number of thioether (sulfide) groups is 1. The van der Waals surface area contributed by atoms with Gasteiger partial charge in [-0.1, -0.05) is 36.0 Å². The van der Waals surface area contributed by atoms with Gasteiger partial charge in [-0.05, 0) is 19.1 Å². The average molecular weight is 337 g/mol. The van der Waals surface area contributed by atoms with Crippen LogP contribution in [0.2, 0.25) is 0 Å². The molecule has 3 aromatic rings. The Balaban J connectivity index is 1.99. The van der Waals surface area contributed by atoms with Crippen LogP contribution in [0, 0.1) is 11.3 Å². The molecule has 5 nitrogen and oxygen atoms in total. The highest BCUT2D eigenvalue weighted by Crippen LogP contribution is 2.28. The van der Waals surface area contributed by atoms with Gasteiger partial charge >= 0.3 is 5.97 Å². The first-order valence-corrected chi connectivity index (χ1v) is 8.47. The molecule has 6 heteroatoms. The first-order chi connectivity index (χ1) is 11.7. The van der Waals surface area contributed by atoms with Gasteiger partial charge in [-0.15, -0.1) is 0 Å². The highest BCUT2D eigenvalue weighted by atomic mass is 32.2. The van der Waals surface area contributed by atoms with Crippen molar-refractivity contribution in [3.05, 3.63) is 54.4 Å². The zero-order valence-electron chi connectivity index (χ0n) is 13.1. The summed E-state index contributed by atoms with van der Waals surface area (Å²) in [6.07, 6.45) is 3.54. The Hall–Kier alpha value is -2.78. The van der Waals surface area contributed by atoms with E-state index in [-0.39, 0.29) is 11.7 Å². The minimum atomic E-state index is -0.262. The van der Waals surface area contributed by atoms with Gasteiger partial charge in [0.05, 0.1) is 29.7 Å². The maximum atomic E-state index is 11.6. The van der Waals surface area contributed by atoms with Crippen LogP contribution in [0.4, 0.5) is 0 Å². The highest BCUT2D eigenvalue weighted by Gasteiger charge is 2.12. The van der Waals surface area contributed by atoms with E-state index in [0.29, 0.717) is 17.3 Å². The van der Waals surface area contributed by atoms with Crippen molar-refractivity contribution in [2.45, 2.75) is 12.1 Å². The van der Waals surface area contributed by atoms with Crippen molar-refractivity contribution in [3.63, 3.8) is 0 Å². The number of carbonyl (C=O) groups excluding carboxylic acids is 1. The molecule has 3 rings (SSSR count). The van der Waals surface area contributed by atoms with E-state index in [4.69, 9.17) is 4.74 Å². The minimum absolute atomic E-state index is 0.207. The third kappa shape index (κ3) is 3.12. The molecule has 0 unspecified atom stereocenters. The number of nitriles is 1. The van der Waals surface area contributed by atoms with Gasteiger partial charge in [0.25, 0.3) is 0 Å². The molecular formula is C18H15N3O2S. The number of carbonyl (C=O) groups is 1. The van der Waals surface area contributed by atoms with Crippen molar-refractivity contribution in [2.24, 2.45) is 0 Å². The lowest BCUT2D eigenvalue weighted by molar-refractivity contribution is -0.139. The van der Waals surface area contributed by atoms with Gasteiger partial charge in [0, 0.05) is 23.2 Å². The van der Waals surface area contributed by atoms with Gasteiger partial charge in [-0.25, -0.2) is 4.98 Å². The number of benzene rings is 2. The van der Waals surface area contributed by atoms with E-state index in [2.05, 4.69) is 11.1 Å². The fraction of sp³-hybridized carbons (Fsp3) is 0.167. The van der Waals surface area contributed by atoms with E-state index in [0.717, 1.165) is 16.5 Å². The van der Waals surface area contributed by atoms with Crippen LogP contribution < -0.4 is 0 Å². The SMILES string of the molecule is CCOC(=O)CSc1nccn1-c1ccc(C#N)c2ccccc12. The Morgan fingerprint density at radius 1 is 1.29 bits per heavy atom. The second kappa shape index (κ2) is 7.20. The topological polar surface area (TPSA) is 67.9 Å². The van der Waals surface area contributed by atoms with Gasteiger partial charge < -0.3 is 4.74 Å². The second-order valence-corrected chi connectivity index (χ2v) is 5.91. The summed E-state index contributed by atoms with van der Waals surface area (Å²) in [5.41, 5.74) is 1.56. The van der Waals surface area contributed by atoms with Crippen molar-refractivity contribution < 1.29 is 9.53 Å². The molecule has 0 saturated carbocycles. The summed E-state index contributed by atoms with van der Waals surface area (Å²) >= 11 is 1.33. The summed E-state index contributed by atoms with van der Waals surface area (Å²) in [5.74, 6) is -0.0549. The van der Waals surface area contributed by atoms with Crippen LogP contribution in [0.1, 0.15) is 12.5 Å². The van der Waals surface area contributed by atoms with Crippen molar-refractivity contribution in [3.8, 4) is 11.8 Å². The van der Waals surface area contributed by atoms with Crippen molar-refractivity contribution in [1.29, 1.82) is 5.26 Å². The number of hydrogen-bond acceptors (Lipinski definition) is 5. The predicted molar refractivity (Wildman–Crippen MR) is 93.1 cm³/mol. The number of aromatic nitrogens is 2. The lowest BCUT2D eigenvalue weighted by Gasteiger charge is -2.11. The van der Waals surface area contributed by atoms with Crippen LogP contribution in [0.5, 0.6) is 0 Å². The first-order valence-electron chi connectivity index (χ1n) is 7.48. The molecule has 0 aliphatic rings. The Morgan fingerprint density at radius 2 is 2.08 bits per heavy atom. The fourth-order valence-electron chi connectivity index (χ4n) is 2.50. The Labute approximate surface area is 143 Å². The molecule has 24 heavy (non-hydrogen) atoms. The van der Waals surface area contributed by atoms with E-state index in [9.17, 15) is 10.1 Å². The molecule has 1 heterocycles. The number of esters is 1. The van der Waals surface area contributed by atoms with Crippen molar-refractivity contribution >= 4 is 28.5 Å². The standard InChI is InChI=1S/C18H15N3O2S/c1-2-23-17(22)12-24-18-20-9-10-21(18)16-8-7-13(11-19)14-5-3-4-6-15(14)16/h3-10H,2,12H2,1H3. The Kier molecular flexibility index (Phi) is 4.82. The fourth-order valence-corrected chi connectivity index (χ4v) is 3.26. The van der Waals surface area contributed by atoms with Gasteiger partial charge in [-0.2, -0.15) is 5.26 Å². The molecule has 1 aromatic heterocycles. The number of hydrogen-bond donors (Lipinski definition) is 0. The van der Waals surface area contributed by atoms with Crippen LogP contribution in [0.25, 0.3) is 16.5 Å². The minimum Gasteiger partial charge on any atom is -0.465 e. The smallest absolute Gasteiger partial charge is 0.316 e. The number of ether oxygens (including phenoxy) is 1. The number of fused-ring (bicyclic) bond motifs is 1. The van der Waals surface area contributed by atoms with E-state index in [1.807, 2.05) is 41.1 Å². The molecule has 0 spiro atoms. The molecule has 120 valence electrons. The summed E-state index contributed by atoms with van der Waals surface area (Å²) in [7, 11) is 0. The molecule has 0 aliphatic heterocycles. The molecule has 0 radical (unpaired) electrons. The van der Waals surface area contributed by atoms with Crippen LogP contribution in [0.3, 0.4) is 0 Å². The van der Waals surface area contributed by atoms with Crippen molar-refractivity contribution in [1.82, 2.24) is 9.55 Å². The van der Waals surface area contributed by atoms with Crippen LogP contribution in [-0.4, -0.2) is 27.9 Å². The predicted octanol–water partition coefficient (Wildman–Crippen LogP) is 3.55. The summed E-state index contributed by atoms with van der Waals surface area (Å²) in [6, 6.07) is 13.7. The molecular weight excluding hydrogens is 322 g/mol. The lowest BCUT2D eigenvalue weighted by atomic mass is 10.0. The maximum absolute atomic E-state index is 11.6. The van der Waals surface area contributed by atoms with E-state index < -0.39 is 0 Å². The zero-order valence-corrected chi connectivity index (χ0v) is 13.9. The van der Waals surface area contributed by atoms with Crippen molar-refractivity contribution in [2.75, 3.05) is 12.4 Å². The molecule has 0 bridgehead atoms. The second-order valence-electron chi connectivity index (χ2n) is 4.96. The average Bonchev–Trinajstić information content (AvgIpc) is 3.07. The van der Waals surface area contributed by atoms with E-state index >= 15 is 0 Å². The van der Waals surface area contributed by atoms with Gasteiger partial charge in [-0.3, -0.25) is 9.36 Å². The molecule has 0 aliphatic carbocycles. The third-order valence-corrected chi connectivity index (χ3v) is 4.45. The number of nitrogens with zero attached hydrogens (tertiary/aromatic N) is 3. The summed E-state index contributed by atoms with van der Waals surface area (Å²) in [6.45, 7) is 2.15. The lowest BCUT2D eigenvalue weighted by Crippen LogP contribution is -2.07. The molecule has 0 atom stereocenters. The van der Waals surface area contributed by atoms with Gasteiger partial charge in [0.15, 0.2) is 5.16 Å². The first kappa shape index (κ1) is 16.1. The number of imidazole rings is 1. The zero-order chi connectivity index (χ0) is 16.9. The summed E-state index contributed by atoms with van der Waals surface area (Å²) < 4.78 is 6.88. The molecule has 0 saturated heterocycles. The van der Waals surface area contributed by atoms with Crippen LogP contribution in [-0.2, 0) is 9.53 Å². The third-order valence-electron chi connectivity index (χ3n) is 3.51. The monoisotopic (exact) mass is 337 g/mol. The molecule has 2 aromatic carbocycles. The van der Waals surface area contributed by atoms with Crippen LogP contribution in [0.15, 0.2) is 53.9 Å². The number of rotatable bonds is 5. The van der Waals surface area contributed by atoms with Gasteiger partial charge in [0.2, 0.25) is 0 Å². The molecule has 0 fully saturated rings. The normalized spacial score (nSPS) is 10.5. The van der Waals surface area contributed by atoms with E-state index in [1.54, 1.807) is 19.2 Å². The highest BCUT2D eigenvalue weighted by molar-refractivity contribution is 7.99. The summed E-state index contributed by atoms with van der Waals surface area (Å²) in [4.78, 5) is 15.9. The quantitative estimate of drug-likeness (QED) is 0.526. The Bertz CT molecular complexity index is 927. The van der Waals surface area contributed by atoms with E-state index in [1.165, 1.54) is 11.8 Å². The summed E-state index contributed by atoms with van der Waals surface area (Å²) in [5, 5.41) is 11.9. The largest absolute Gasteiger partial charge is 0.465 e. The van der Waals surface area contributed by atoms with Crippen LogP contribution >= 0.6 is 11.8 Å². The van der Waals surface area contributed by atoms with Gasteiger partial charge in [0.1, 0.15) is 0 Å².